The maximum Gasteiger partial charge on any atom is 0.126 e. The van der Waals surface area contributed by atoms with Gasteiger partial charge < -0.3 is 20.9 Å². The molecule has 0 rings (SSSR count). The van der Waals surface area contributed by atoms with Gasteiger partial charge in [0.15, 0.2) is 0 Å². The van der Waals surface area contributed by atoms with Crippen molar-refractivity contribution in [2.75, 3.05) is 33.0 Å². The zero-order chi connectivity index (χ0) is 8.04. The minimum absolute atomic E-state index is 0.272. The van der Waals surface area contributed by atoms with Crippen LogP contribution in [0.1, 0.15) is 0 Å². The molecule has 0 unspecified atom stereocenters. The van der Waals surface area contributed by atoms with Gasteiger partial charge in [-0.15, -0.1) is 0 Å². The van der Waals surface area contributed by atoms with Crippen molar-refractivity contribution in [1.29, 1.82) is 0 Å². The lowest BCUT2D eigenvalue weighted by atomic mass is 11.2. The average molecular weight is 165 g/mol. The van der Waals surface area contributed by atoms with Gasteiger partial charge in [-0.05, 0) is 14.1 Å². The van der Waals surface area contributed by atoms with Gasteiger partial charge in [-0.25, -0.2) is 0 Å². The predicted molar refractivity (Wildman–Crippen MR) is 44.5 cm³/mol. The molecule has 0 atom stereocenters. The molecule has 10 heavy (non-hydrogen) atoms. The fourth-order valence-electron chi connectivity index (χ4n) is 0.761. The molecule has 0 spiro atoms. The zero-order valence-electron chi connectivity index (χ0n) is 6.55. The summed E-state index contributed by atoms with van der Waals surface area (Å²) in [5.74, 6) is 0. The van der Waals surface area contributed by atoms with E-state index >= 15 is 0 Å². The molecule has 0 aromatic carbocycles. The van der Waals surface area contributed by atoms with Gasteiger partial charge >= 0.3 is 0 Å². The highest BCUT2D eigenvalue weighted by atomic mass is 31.2. The Hall–Kier alpha value is 0.110. The fourth-order valence-corrected chi connectivity index (χ4v) is 2.28. The van der Waals surface area contributed by atoms with Crippen LogP contribution in [0.2, 0.25) is 0 Å². The quantitative estimate of drug-likeness (QED) is 0.486. The largest absolute Gasteiger partial charge is 0.324 e. The van der Waals surface area contributed by atoms with E-state index in [-0.39, 0.29) is 6.29 Å². The molecule has 0 radical (unpaired) electrons. The van der Waals surface area contributed by atoms with Crippen LogP contribution in [0.25, 0.3) is 0 Å². The van der Waals surface area contributed by atoms with Gasteiger partial charge in [-0.1, -0.05) is 0 Å². The molecule has 4 N–H and O–H groups in total. The van der Waals surface area contributed by atoms with Gasteiger partial charge in [0, 0.05) is 6.29 Å². The Balaban J connectivity index is 3.83. The van der Waals surface area contributed by atoms with E-state index < -0.39 is 7.14 Å². The maximum absolute atomic E-state index is 11.5. The third-order valence-electron chi connectivity index (χ3n) is 1.23. The van der Waals surface area contributed by atoms with Gasteiger partial charge in [-0.3, -0.25) is 0 Å². The number of nitrogens with two attached hydrogens (primary N) is 1. The Kier molecular flexibility index (Phi) is 4.91. The van der Waals surface area contributed by atoms with Crippen molar-refractivity contribution in [2.24, 2.45) is 5.73 Å². The molecule has 0 saturated heterocycles. The van der Waals surface area contributed by atoms with Crippen LogP contribution in [0, 0.1) is 0 Å². The zero-order valence-corrected chi connectivity index (χ0v) is 7.45. The molecule has 0 aliphatic rings. The molecule has 0 aromatic heterocycles. The van der Waals surface area contributed by atoms with Crippen molar-refractivity contribution in [1.82, 2.24) is 10.6 Å². The molecule has 0 heterocycles. The Morgan fingerprint density at radius 2 is 1.70 bits per heavy atom. The van der Waals surface area contributed by atoms with Crippen LogP contribution in [-0.4, -0.2) is 33.0 Å². The van der Waals surface area contributed by atoms with E-state index in [4.69, 9.17) is 5.73 Å². The van der Waals surface area contributed by atoms with Crippen molar-refractivity contribution in [3.05, 3.63) is 0 Å². The van der Waals surface area contributed by atoms with Crippen LogP contribution in [0.15, 0.2) is 0 Å². The number of nitrogens with one attached hydrogen (secondary N) is 2. The molecule has 5 heteroatoms. The smallest absolute Gasteiger partial charge is 0.126 e. The van der Waals surface area contributed by atoms with Gasteiger partial charge in [0.05, 0.1) is 12.6 Å². The van der Waals surface area contributed by atoms with Crippen molar-refractivity contribution in [3.8, 4) is 0 Å². The van der Waals surface area contributed by atoms with E-state index in [1.807, 2.05) is 0 Å². The van der Waals surface area contributed by atoms with Gasteiger partial charge in [-0.2, -0.15) is 0 Å². The van der Waals surface area contributed by atoms with E-state index in [0.29, 0.717) is 12.6 Å². The Labute approximate surface area is 61.9 Å². The van der Waals surface area contributed by atoms with Gasteiger partial charge in [0.25, 0.3) is 0 Å². The summed E-state index contributed by atoms with van der Waals surface area (Å²) in [5.41, 5.74) is 5.34. The predicted octanol–water partition coefficient (Wildman–Crippen LogP) is -0.380. The summed E-state index contributed by atoms with van der Waals surface area (Å²) in [6.45, 7) is 0. The van der Waals surface area contributed by atoms with Crippen molar-refractivity contribution in [3.63, 3.8) is 0 Å². The molecule has 0 saturated carbocycles. The molecule has 62 valence electrons. The highest BCUT2D eigenvalue weighted by Gasteiger charge is 2.16. The third-order valence-corrected chi connectivity index (χ3v) is 3.68. The maximum atomic E-state index is 11.5. The number of rotatable bonds is 5. The van der Waals surface area contributed by atoms with E-state index in [1.54, 1.807) is 14.1 Å². The molecule has 0 aromatic rings. The second-order valence-electron chi connectivity index (χ2n) is 2.26. The summed E-state index contributed by atoms with van der Waals surface area (Å²) in [5, 5.41) is 5.72. The van der Waals surface area contributed by atoms with Crippen LogP contribution in [-0.2, 0) is 4.57 Å². The summed E-state index contributed by atoms with van der Waals surface area (Å²) < 4.78 is 11.5. The van der Waals surface area contributed by atoms with E-state index in [1.165, 1.54) is 0 Å². The second-order valence-corrected chi connectivity index (χ2v) is 5.38. The number of hydrogen-bond donors (Lipinski definition) is 3. The molecule has 0 aliphatic heterocycles. The molecule has 0 aliphatic carbocycles. The average Bonchev–Trinajstić information content (AvgIpc) is 1.89. The summed E-state index contributed by atoms with van der Waals surface area (Å²) in [7, 11) is 1.41. The van der Waals surface area contributed by atoms with Crippen LogP contribution in [0.4, 0.5) is 0 Å². The van der Waals surface area contributed by atoms with Crippen molar-refractivity contribution < 1.29 is 4.57 Å². The first-order valence-corrected chi connectivity index (χ1v) is 5.51. The van der Waals surface area contributed by atoms with Crippen LogP contribution in [0.5, 0.6) is 0 Å². The van der Waals surface area contributed by atoms with E-state index in [9.17, 15) is 4.57 Å². The third kappa shape index (κ3) is 3.32. The minimum atomic E-state index is -2.14. The lowest BCUT2D eigenvalue weighted by Gasteiger charge is -2.14. The lowest BCUT2D eigenvalue weighted by Crippen LogP contribution is -2.21. The number of hydrogen-bond acceptors (Lipinski definition) is 4. The van der Waals surface area contributed by atoms with Crippen LogP contribution in [0.3, 0.4) is 0 Å². The second kappa shape index (κ2) is 4.85. The Bertz CT molecular complexity index is 118. The van der Waals surface area contributed by atoms with Crippen LogP contribution < -0.4 is 16.4 Å². The van der Waals surface area contributed by atoms with Crippen molar-refractivity contribution >= 4 is 7.14 Å². The van der Waals surface area contributed by atoms with Gasteiger partial charge in [0.1, 0.15) is 7.14 Å². The van der Waals surface area contributed by atoms with Crippen molar-refractivity contribution in [2.45, 2.75) is 0 Å². The highest BCUT2D eigenvalue weighted by molar-refractivity contribution is 7.63. The standard InChI is InChI=1S/C5H16N3OP/c1-7-4-10(9,3-6)5-8-2/h7-8H,3-6H2,1-2H3. The van der Waals surface area contributed by atoms with Gasteiger partial charge in [0.2, 0.25) is 0 Å². The Morgan fingerprint density at radius 3 is 1.90 bits per heavy atom. The molecular formula is C5H16N3OP. The molecule has 0 bridgehead atoms. The van der Waals surface area contributed by atoms with E-state index in [0.717, 1.165) is 0 Å². The normalized spacial score (nSPS) is 11.9. The Morgan fingerprint density at radius 1 is 1.30 bits per heavy atom. The first-order valence-electron chi connectivity index (χ1n) is 3.25. The minimum Gasteiger partial charge on any atom is -0.324 e. The topological polar surface area (TPSA) is 67.2 Å². The molecular weight excluding hydrogens is 149 g/mol. The van der Waals surface area contributed by atoms with E-state index in [2.05, 4.69) is 10.6 Å². The lowest BCUT2D eigenvalue weighted by molar-refractivity contribution is 0.568. The van der Waals surface area contributed by atoms with Crippen LogP contribution >= 0.6 is 7.14 Å². The monoisotopic (exact) mass is 165 g/mol. The highest BCUT2D eigenvalue weighted by Crippen LogP contribution is 2.40. The summed E-state index contributed by atoms with van der Waals surface area (Å²) >= 11 is 0. The fraction of sp³-hybridized carbons (Fsp3) is 1.00. The summed E-state index contributed by atoms with van der Waals surface area (Å²) in [6, 6.07) is 0. The molecule has 4 nitrogen and oxygen atoms in total. The summed E-state index contributed by atoms with van der Waals surface area (Å²) in [4.78, 5) is 0. The SMILES string of the molecule is CNCP(=O)(CN)CNC. The molecule has 0 fully saturated rings. The first-order chi connectivity index (χ1) is 4.68. The molecule has 0 amide bonds. The summed E-state index contributed by atoms with van der Waals surface area (Å²) in [6.07, 6.45) is 1.31. The first kappa shape index (κ1) is 10.1.